The first-order valence-electron chi connectivity index (χ1n) is 3.40. The first-order chi connectivity index (χ1) is 3.91. The van der Waals surface area contributed by atoms with Crippen molar-refractivity contribution in [2.75, 3.05) is 13.7 Å². The maximum Gasteiger partial charge on any atom is 0.0462 e. The highest BCUT2D eigenvalue weighted by molar-refractivity contribution is 4.37. The summed E-state index contributed by atoms with van der Waals surface area (Å²) >= 11 is 0. The van der Waals surface area contributed by atoms with Crippen molar-refractivity contribution in [3.63, 3.8) is 0 Å². The summed E-state index contributed by atoms with van der Waals surface area (Å²) < 4.78 is 4.89. The van der Waals surface area contributed by atoms with Gasteiger partial charge in [0.05, 0.1) is 0 Å². The van der Waals surface area contributed by atoms with E-state index < -0.39 is 0 Å². The third kappa shape index (κ3) is 11.5. The lowest BCUT2D eigenvalue weighted by atomic mass is 10.2. The second-order valence-corrected chi connectivity index (χ2v) is 2.05. The van der Waals surface area contributed by atoms with E-state index in [1.54, 1.807) is 7.11 Å². The van der Waals surface area contributed by atoms with Crippen molar-refractivity contribution in [1.29, 1.82) is 0 Å². The standard InChI is InChI=1S/C7H16O.CH4/c1-3-4-5-6-7-8-2;/h3-7H2,1-2H3;1H4. The second-order valence-electron chi connectivity index (χ2n) is 2.05. The minimum absolute atomic E-state index is 0. The van der Waals surface area contributed by atoms with Crippen LogP contribution in [0.5, 0.6) is 0 Å². The Balaban J connectivity index is 0. The Morgan fingerprint density at radius 3 is 2.22 bits per heavy atom. The van der Waals surface area contributed by atoms with Gasteiger partial charge in [0.25, 0.3) is 0 Å². The topological polar surface area (TPSA) is 9.23 Å². The third-order valence-corrected chi connectivity index (χ3v) is 1.20. The van der Waals surface area contributed by atoms with Gasteiger partial charge in [-0.3, -0.25) is 0 Å². The van der Waals surface area contributed by atoms with E-state index in [4.69, 9.17) is 4.74 Å². The van der Waals surface area contributed by atoms with Gasteiger partial charge in [-0.15, -0.1) is 0 Å². The quantitative estimate of drug-likeness (QED) is 0.523. The fourth-order valence-electron chi connectivity index (χ4n) is 0.673. The number of ether oxygens (including phenoxy) is 1. The molecule has 1 nitrogen and oxygen atoms in total. The van der Waals surface area contributed by atoms with E-state index >= 15 is 0 Å². The molecule has 0 atom stereocenters. The zero-order valence-electron chi connectivity index (χ0n) is 5.94. The van der Waals surface area contributed by atoms with Crippen molar-refractivity contribution in [3.8, 4) is 0 Å². The van der Waals surface area contributed by atoms with Gasteiger partial charge in [-0.2, -0.15) is 0 Å². The van der Waals surface area contributed by atoms with Crippen LogP contribution in [0, 0.1) is 0 Å². The minimum atomic E-state index is 0. The largest absolute Gasteiger partial charge is 0.385 e. The molecule has 0 aromatic carbocycles. The van der Waals surface area contributed by atoms with Crippen molar-refractivity contribution in [3.05, 3.63) is 0 Å². The van der Waals surface area contributed by atoms with Crippen LogP contribution in [0.3, 0.4) is 0 Å². The summed E-state index contributed by atoms with van der Waals surface area (Å²) in [5.74, 6) is 0. The predicted molar refractivity (Wildman–Crippen MR) is 42.7 cm³/mol. The van der Waals surface area contributed by atoms with E-state index in [1.807, 2.05) is 0 Å². The molecule has 0 saturated heterocycles. The predicted octanol–water partition coefficient (Wildman–Crippen LogP) is 2.85. The molecule has 9 heavy (non-hydrogen) atoms. The van der Waals surface area contributed by atoms with Gasteiger partial charge in [-0.1, -0.05) is 33.6 Å². The molecule has 0 N–H and O–H groups in total. The van der Waals surface area contributed by atoms with Crippen molar-refractivity contribution in [1.82, 2.24) is 0 Å². The van der Waals surface area contributed by atoms with Gasteiger partial charge < -0.3 is 4.74 Å². The van der Waals surface area contributed by atoms with Crippen LogP contribution in [0.4, 0.5) is 0 Å². The third-order valence-electron chi connectivity index (χ3n) is 1.20. The lowest BCUT2D eigenvalue weighted by Crippen LogP contribution is -1.86. The summed E-state index contributed by atoms with van der Waals surface area (Å²) in [6, 6.07) is 0. The Kier molecular flexibility index (Phi) is 14.1. The molecule has 0 aromatic heterocycles. The Labute approximate surface area is 59.4 Å². The molecule has 0 bridgehead atoms. The van der Waals surface area contributed by atoms with Gasteiger partial charge in [-0.05, 0) is 6.42 Å². The molecule has 0 amide bonds. The molecule has 0 unspecified atom stereocenters. The lowest BCUT2D eigenvalue weighted by molar-refractivity contribution is 0.192. The van der Waals surface area contributed by atoms with Crippen LogP contribution in [0.25, 0.3) is 0 Å². The number of hydrogen-bond donors (Lipinski definition) is 0. The number of unbranched alkanes of at least 4 members (excludes halogenated alkanes) is 3. The first-order valence-corrected chi connectivity index (χ1v) is 3.40. The number of hydrogen-bond acceptors (Lipinski definition) is 1. The zero-order valence-corrected chi connectivity index (χ0v) is 5.94. The SMILES string of the molecule is C.CCCCCCOC. The van der Waals surface area contributed by atoms with Crippen molar-refractivity contribution in [2.24, 2.45) is 0 Å². The lowest BCUT2D eigenvalue weighted by Gasteiger charge is -1.95. The minimum Gasteiger partial charge on any atom is -0.385 e. The highest BCUT2D eigenvalue weighted by atomic mass is 16.5. The smallest absolute Gasteiger partial charge is 0.0462 e. The summed E-state index contributed by atoms with van der Waals surface area (Å²) in [5, 5.41) is 0. The Hall–Kier alpha value is -0.0400. The molecular weight excluding hydrogens is 112 g/mol. The summed E-state index contributed by atoms with van der Waals surface area (Å²) in [5.41, 5.74) is 0. The van der Waals surface area contributed by atoms with Crippen LogP contribution in [0.1, 0.15) is 40.0 Å². The first kappa shape index (κ1) is 11.7. The monoisotopic (exact) mass is 132 g/mol. The van der Waals surface area contributed by atoms with Gasteiger partial charge in [0, 0.05) is 13.7 Å². The molecular formula is C8H20O. The van der Waals surface area contributed by atoms with Gasteiger partial charge in [0.15, 0.2) is 0 Å². The molecule has 0 saturated carbocycles. The fraction of sp³-hybridized carbons (Fsp3) is 1.00. The Morgan fingerprint density at radius 2 is 1.78 bits per heavy atom. The molecule has 0 aromatic rings. The number of methoxy groups -OCH3 is 1. The van der Waals surface area contributed by atoms with Crippen LogP contribution in [-0.4, -0.2) is 13.7 Å². The van der Waals surface area contributed by atoms with Crippen molar-refractivity contribution >= 4 is 0 Å². The van der Waals surface area contributed by atoms with Gasteiger partial charge in [-0.25, -0.2) is 0 Å². The van der Waals surface area contributed by atoms with Gasteiger partial charge in [0.2, 0.25) is 0 Å². The average Bonchev–Trinajstić information content (AvgIpc) is 1.81. The normalized spacial score (nSPS) is 8.67. The van der Waals surface area contributed by atoms with E-state index in [1.165, 1.54) is 25.7 Å². The van der Waals surface area contributed by atoms with E-state index in [0.29, 0.717) is 0 Å². The van der Waals surface area contributed by atoms with Crippen molar-refractivity contribution in [2.45, 2.75) is 40.0 Å². The average molecular weight is 132 g/mol. The molecule has 0 rings (SSSR count). The van der Waals surface area contributed by atoms with Gasteiger partial charge >= 0.3 is 0 Å². The molecule has 0 radical (unpaired) electrons. The second kappa shape index (κ2) is 10.9. The van der Waals surface area contributed by atoms with Crippen LogP contribution in [0.2, 0.25) is 0 Å². The maximum absolute atomic E-state index is 4.89. The van der Waals surface area contributed by atoms with Gasteiger partial charge in [0.1, 0.15) is 0 Å². The van der Waals surface area contributed by atoms with Crippen LogP contribution < -0.4 is 0 Å². The highest BCUT2D eigenvalue weighted by Crippen LogP contribution is 1.97. The number of rotatable bonds is 5. The van der Waals surface area contributed by atoms with E-state index in [0.717, 1.165) is 6.61 Å². The van der Waals surface area contributed by atoms with E-state index in [-0.39, 0.29) is 7.43 Å². The highest BCUT2D eigenvalue weighted by Gasteiger charge is 1.83. The van der Waals surface area contributed by atoms with Crippen LogP contribution in [0.15, 0.2) is 0 Å². The Bertz CT molecular complexity index is 29.5. The summed E-state index contributed by atoms with van der Waals surface area (Å²) in [7, 11) is 1.76. The molecule has 0 spiro atoms. The summed E-state index contributed by atoms with van der Waals surface area (Å²) in [6.07, 6.45) is 5.21. The summed E-state index contributed by atoms with van der Waals surface area (Å²) in [4.78, 5) is 0. The molecule has 0 aliphatic rings. The van der Waals surface area contributed by atoms with E-state index in [2.05, 4.69) is 6.92 Å². The van der Waals surface area contributed by atoms with Crippen molar-refractivity contribution < 1.29 is 4.74 Å². The molecule has 0 aliphatic carbocycles. The van der Waals surface area contributed by atoms with Crippen LogP contribution >= 0.6 is 0 Å². The molecule has 1 heteroatoms. The maximum atomic E-state index is 4.89. The summed E-state index contributed by atoms with van der Waals surface area (Å²) in [6.45, 7) is 3.15. The molecule has 0 fully saturated rings. The molecule has 0 heterocycles. The van der Waals surface area contributed by atoms with Crippen LogP contribution in [-0.2, 0) is 4.74 Å². The Morgan fingerprint density at radius 1 is 1.11 bits per heavy atom. The molecule has 0 aliphatic heterocycles. The fourth-order valence-corrected chi connectivity index (χ4v) is 0.673. The molecule has 58 valence electrons. The van der Waals surface area contributed by atoms with E-state index in [9.17, 15) is 0 Å². The zero-order chi connectivity index (χ0) is 6.24.